The average Bonchev–Trinajstić information content (AvgIpc) is 3.64. The van der Waals surface area contributed by atoms with E-state index in [4.69, 9.17) is 9.47 Å². The van der Waals surface area contributed by atoms with Crippen LogP contribution in [0.4, 0.5) is 5.69 Å². The van der Waals surface area contributed by atoms with Crippen molar-refractivity contribution in [2.75, 3.05) is 18.6 Å². The number of aromatic amines is 1. The molecule has 2 bridgehead atoms. The summed E-state index contributed by atoms with van der Waals surface area (Å²) in [4.78, 5) is 45.3. The van der Waals surface area contributed by atoms with Gasteiger partial charge in [0.15, 0.2) is 11.5 Å². The van der Waals surface area contributed by atoms with Crippen LogP contribution in [0.3, 0.4) is 0 Å². The number of carbonyl (C=O) groups excluding carboxylic acids is 2. The number of imide groups is 1. The zero-order valence-electron chi connectivity index (χ0n) is 20.7. The van der Waals surface area contributed by atoms with E-state index in [0.29, 0.717) is 23.8 Å². The number of aromatic hydroxyl groups is 1. The van der Waals surface area contributed by atoms with Gasteiger partial charge in [0.2, 0.25) is 11.8 Å². The smallest absolute Gasteiger partial charge is 0.305 e. The summed E-state index contributed by atoms with van der Waals surface area (Å²) in [6.07, 6.45) is 0.817. The Morgan fingerprint density at radius 2 is 1.79 bits per heavy atom. The minimum atomic E-state index is -0.375. The third-order valence-corrected chi connectivity index (χ3v) is 11.3. The van der Waals surface area contributed by atoms with E-state index in [9.17, 15) is 19.5 Å². The van der Waals surface area contributed by atoms with Gasteiger partial charge < -0.3 is 19.6 Å². The van der Waals surface area contributed by atoms with Crippen molar-refractivity contribution in [3.8, 4) is 17.2 Å². The number of H-pyrrole nitrogens is 1. The number of thioether (sulfide) groups is 1. The van der Waals surface area contributed by atoms with E-state index in [0.717, 1.165) is 21.9 Å². The summed E-state index contributed by atoms with van der Waals surface area (Å²) in [5.41, 5.74) is 1.52. The Bertz CT molecular complexity index is 1510. The van der Waals surface area contributed by atoms with Gasteiger partial charge in [-0.3, -0.25) is 19.3 Å². The number of rotatable bonds is 5. The minimum absolute atomic E-state index is 0.0156. The first-order valence-corrected chi connectivity index (χ1v) is 14.5. The highest BCUT2D eigenvalue weighted by molar-refractivity contribution is 8.00. The van der Waals surface area contributed by atoms with E-state index in [1.807, 2.05) is 19.1 Å². The molecule has 38 heavy (non-hydrogen) atoms. The molecule has 6 unspecified atom stereocenters. The largest absolute Gasteiger partial charge is 0.504 e. The molecule has 8 nitrogen and oxygen atoms in total. The molecular formula is C28H26N2O6S2. The number of thiazole rings is 1. The van der Waals surface area contributed by atoms with Crippen molar-refractivity contribution in [3.63, 3.8) is 0 Å². The van der Waals surface area contributed by atoms with Crippen LogP contribution in [0.1, 0.15) is 29.7 Å². The molecule has 2 amide bonds. The molecule has 2 aliphatic carbocycles. The zero-order valence-corrected chi connectivity index (χ0v) is 22.4. The number of benzene rings is 2. The lowest BCUT2D eigenvalue weighted by atomic mass is 9.68. The number of phenols is 1. The van der Waals surface area contributed by atoms with Gasteiger partial charge in [0.25, 0.3) is 0 Å². The third-order valence-electron chi connectivity index (χ3n) is 8.70. The third kappa shape index (κ3) is 3.25. The number of hydrogen-bond donors (Lipinski definition) is 2. The number of phenolic OH excluding ortho intramolecular Hbond substituents is 1. The fourth-order valence-electron chi connectivity index (χ4n) is 7.37. The first kappa shape index (κ1) is 23.8. The lowest BCUT2D eigenvalue weighted by Gasteiger charge is -2.43. The summed E-state index contributed by atoms with van der Waals surface area (Å²) in [6.45, 7) is 2.28. The number of carbonyl (C=O) groups is 2. The molecule has 4 aliphatic rings. The highest BCUT2D eigenvalue weighted by atomic mass is 32.2. The normalized spacial score (nSPS) is 30.8. The van der Waals surface area contributed by atoms with Crippen LogP contribution in [0.25, 0.3) is 0 Å². The first-order valence-electron chi connectivity index (χ1n) is 12.8. The Morgan fingerprint density at radius 1 is 1.05 bits per heavy atom. The molecule has 1 saturated heterocycles. The fourth-order valence-corrected chi connectivity index (χ4v) is 10.3. The monoisotopic (exact) mass is 550 g/mol. The number of aromatic nitrogens is 1. The van der Waals surface area contributed by atoms with Crippen molar-refractivity contribution in [1.29, 1.82) is 0 Å². The Morgan fingerprint density at radius 3 is 2.50 bits per heavy atom. The average molecular weight is 551 g/mol. The second-order valence-electron chi connectivity index (χ2n) is 10.3. The Labute approximate surface area is 227 Å². The molecule has 3 heterocycles. The standard InChI is InChI=1S/C28H26N2O6S2/c1-3-36-18-10-12(4-9-17(18)31)19-20-15-11-16(23(20)37-25-24(19)38-28(34)29-25)22-21(15)26(32)30(27(22)33)13-5-7-14(35-2)8-6-13/h4-10,15-16,19-23,31H,3,11H2,1-2H3,(H,29,34)/t15?,16?,19-,20?,21?,22?,23?/m1/s1. The summed E-state index contributed by atoms with van der Waals surface area (Å²) < 4.78 is 10.9. The summed E-state index contributed by atoms with van der Waals surface area (Å²) in [6, 6.07) is 12.4. The highest BCUT2D eigenvalue weighted by Gasteiger charge is 2.69. The number of fused-ring (bicyclic) bond motifs is 9. The van der Waals surface area contributed by atoms with Crippen LogP contribution >= 0.6 is 23.1 Å². The molecule has 2 aliphatic heterocycles. The molecule has 7 atom stereocenters. The van der Waals surface area contributed by atoms with Crippen LogP contribution in [-0.4, -0.2) is 40.9 Å². The first-order chi connectivity index (χ1) is 18.4. The van der Waals surface area contributed by atoms with Crippen LogP contribution in [0.5, 0.6) is 17.2 Å². The van der Waals surface area contributed by atoms with Gasteiger partial charge >= 0.3 is 4.87 Å². The number of hydrogen-bond acceptors (Lipinski definition) is 8. The van der Waals surface area contributed by atoms with Gasteiger partial charge in [-0.2, -0.15) is 0 Å². The van der Waals surface area contributed by atoms with Crippen molar-refractivity contribution < 1.29 is 24.2 Å². The van der Waals surface area contributed by atoms with Crippen molar-refractivity contribution in [3.05, 3.63) is 62.6 Å². The van der Waals surface area contributed by atoms with Crippen molar-refractivity contribution in [2.45, 2.75) is 29.5 Å². The van der Waals surface area contributed by atoms with Gasteiger partial charge in [0.1, 0.15) is 5.75 Å². The number of nitrogens with zero attached hydrogens (tertiary/aromatic N) is 1. The van der Waals surface area contributed by atoms with E-state index in [-0.39, 0.29) is 63.2 Å². The number of ether oxygens (including phenoxy) is 2. The van der Waals surface area contributed by atoms with Crippen LogP contribution < -0.4 is 19.2 Å². The lowest BCUT2D eigenvalue weighted by molar-refractivity contribution is -0.123. The van der Waals surface area contributed by atoms with Crippen LogP contribution in [0.2, 0.25) is 0 Å². The van der Waals surface area contributed by atoms with Crippen molar-refractivity contribution >= 4 is 40.6 Å². The Kier molecular flexibility index (Phi) is 5.42. The second-order valence-corrected chi connectivity index (χ2v) is 12.5. The Balaban J connectivity index is 1.30. The maximum absolute atomic E-state index is 13.9. The molecule has 3 fully saturated rings. The van der Waals surface area contributed by atoms with Crippen LogP contribution in [-0.2, 0) is 9.59 Å². The molecule has 0 radical (unpaired) electrons. The molecule has 7 rings (SSSR count). The van der Waals surface area contributed by atoms with E-state index < -0.39 is 0 Å². The van der Waals surface area contributed by atoms with Crippen LogP contribution in [0.15, 0.2) is 52.3 Å². The topological polar surface area (TPSA) is 109 Å². The summed E-state index contributed by atoms with van der Waals surface area (Å²) in [5, 5.41) is 11.3. The molecule has 10 heteroatoms. The van der Waals surface area contributed by atoms with Gasteiger partial charge in [-0.25, -0.2) is 0 Å². The fraction of sp³-hybridized carbons (Fsp3) is 0.393. The quantitative estimate of drug-likeness (QED) is 0.458. The van der Waals surface area contributed by atoms with Gasteiger partial charge in [-0.15, -0.1) is 11.8 Å². The van der Waals surface area contributed by atoms with Gasteiger partial charge in [-0.05, 0) is 73.1 Å². The number of anilines is 1. The summed E-state index contributed by atoms with van der Waals surface area (Å²) in [5.74, 6) is 0.167. The van der Waals surface area contributed by atoms with E-state index >= 15 is 0 Å². The molecule has 196 valence electrons. The predicted octanol–water partition coefficient (Wildman–Crippen LogP) is 4.23. The zero-order chi connectivity index (χ0) is 26.3. The molecule has 2 N–H and O–H groups in total. The summed E-state index contributed by atoms with van der Waals surface area (Å²) in [7, 11) is 1.58. The van der Waals surface area contributed by atoms with Gasteiger partial charge in [0.05, 0.1) is 36.3 Å². The summed E-state index contributed by atoms with van der Waals surface area (Å²) >= 11 is 2.87. The maximum Gasteiger partial charge on any atom is 0.305 e. The lowest BCUT2D eigenvalue weighted by Crippen LogP contribution is -2.42. The van der Waals surface area contributed by atoms with Crippen molar-refractivity contribution in [2.24, 2.45) is 29.6 Å². The second kappa shape index (κ2) is 8.64. The van der Waals surface area contributed by atoms with E-state index in [1.54, 1.807) is 49.2 Å². The molecule has 0 spiro atoms. The molecular weight excluding hydrogens is 524 g/mol. The van der Waals surface area contributed by atoms with E-state index in [1.165, 1.54) is 16.2 Å². The maximum atomic E-state index is 13.9. The molecule has 2 aromatic carbocycles. The van der Waals surface area contributed by atoms with E-state index in [2.05, 4.69) is 4.98 Å². The minimum Gasteiger partial charge on any atom is -0.504 e. The number of methoxy groups -OCH3 is 1. The van der Waals surface area contributed by atoms with Crippen LogP contribution in [0, 0.1) is 29.6 Å². The highest BCUT2D eigenvalue weighted by Crippen LogP contribution is 2.68. The number of amides is 2. The Hall–Kier alpha value is -3.24. The molecule has 2 saturated carbocycles. The number of nitrogens with one attached hydrogen (secondary N) is 1. The predicted molar refractivity (Wildman–Crippen MR) is 143 cm³/mol. The van der Waals surface area contributed by atoms with Gasteiger partial charge in [0, 0.05) is 16.0 Å². The SMILES string of the molecule is CCOc1cc([C@H]2c3sc(=O)[nH]c3SC3C4CC(C5C(=O)N(c6ccc(OC)cc6)C(=O)C45)C32)ccc1O. The van der Waals surface area contributed by atoms with Gasteiger partial charge in [-0.1, -0.05) is 17.4 Å². The van der Waals surface area contributed by atoms with Crippen molar-refractivity contribution in [1.82, 2.24) is 4.98 Å². The molecule has 3 aromatic rings. The molecule has 1 aromatic heterocycles.